The highest BCUT2D eigenvalue weighted by Gasteiger charge is 2.25. The second kappa shape index (κ2) is 7.38. The number of aryl methyl sites for hydroxylation is 3. The van der Waals surface area contributed by atoms with Crippen LogP contribution >= 0.6 is 0 Å². The Balaban J connectivity index is 1.68. The van der Waals surface area contributed by atoms with E-state index in [0.29, 0.717) is 0 Å². The molecule has 0 N–H and O–H groups in total. The van der Waals surface area contributed by atoms with Gasteiger partial charge in [0.25, 0.3) is 0 Å². The van der Waals surface area contributed by atoms with E-state index in [2.05, 4.69) is 121 Å². The van der Waals surface area contributed by atoms with E-state index in [-0.39, 0.29) is 0 Å². The smallest absolute Gasteiger partial charge is 0.0950 e. The van der Waals surface area contributed by atoms with Gasteiger partial charge >= 0.3 is 0 Å². The van der Waals surface area contributed by atoms with Crippen LogP contribution in [0.4, 0.5) is 22.7 Å². The Morgan fingerprint density at radius 2 is 1.39 bits per heavy atom. The van der Waals surface area contributed by atoms with Crippen LogP contribution in [0, 0.1) is 20.8 Å². The quantitative estimate of drug-likeness (QED) is 0.524. The number of nitrogens with zero attached hydrogens (tertiary/aromatic N) is 4. The first kappa shape index (κ1) is 19.6. The molecule has 0 aliphatic carbocycles. The first-order valence-corrected chi connectivity index (χ1v) is 10.9. The van der Waals surface area contributed by atoms with Crippen LogP contribution in [0.25, 0.3) is 11.1 Å². The number of hydrogen-bond donors (Lipinski definition) is 0. The predicted octanol–water partition coefficient (Wildman–Crippen LogP) is 6.00. The van der Waals surface area contributed by atoms with E-state index >= 15 is 0 Å². The van der Waals surface area contributed by atoms with Crippen molar-refractivity contribution in [2.24, 2.45) is 0 Å². The molecule has 3 aromatic carbocycles. The summed E-state index contributed by atoms with van der Waals surface area (Å²) in [6, 6.07) is 20.3. The van der Waals surface area contributed by atoms with Crippen LogP contribution in [-0.4, -0.2) is 32.3 Å². The van der Waals surface area contributed by atoms with Crippen molar-refractivity contribution in [3.8, 4) is 11.1 Å². The maximum atomic E-state index is 2.42. The summed E-state index contributed by atoms with van der Waals surface area (Å²) in [6.45, 7) is 8.34. The van der Waals surface area contributed by atoms with Gasteiger partial charge in [0.1, 0.15) is 0 Å². The molecule has 31 heavy (non-hydrogen) atoms. The molecule has 0 bridgehead atoms. The van der Waals surface area contributed by atoms with Crippen molar-refractivity contribution in [3.05, 3.63) is 83.7 Å². The Morgan fingerprint density at radius 3 is 2.06 bits per heavy atom. The third-order valence-corrected chi connectivity index (χ3v) is 6.33. The Hall–Kier alpha value is -3.40. The Kier molecular flexibility index (Phi) is 4.66. The van der Waals surface area contributed by atoms with Crippen LogP contribution in [0.1, 0.15) is 16.7 Å². The number of hydrogen-bond acceptors (Lipinski definition) is 4. The van der Waals surface area contributed by atoms with Crippen molar-refractivity contribution in [2.75, 3.05) is 42.1 Å². The number of anilines is 4. The molecule has 2 aliphatic heterocycles. The van der Waals surface area contributed by atoms with Crippen LogP contribution in [0.15, 0.2) is 67.0 Å². The molecule has 2 aliphatic rings. The first-order valence-electron chi connectivity index (χ1n) is 10.9. The summed E-state index contributed by atoms with van der Waals surface area (Å²) >= 11 is 0. The molecule has 158 valence electrons. The second-order valence-electron chi connectivity index (χ2n) is 8.93. The SMILES string of the molecule is Cc1cc(C)c(-c2cc(N3C=CN(C)C3)cc(N3CN(C)c4ccccc43)c2)c(C)c1. The minimum absolute atomic E-state index is 0.851. The maximum Gasteiger partial charge on any atom is 0.0950 e. The van der Waals surface area contributed by atoms with E-state index < -0.39 is 0 Å². The normalized spacial score (nSPS) is 15.3. The highest BCUT2D eigenvalue weighted by molar-refractivity contribution is 5.86. The van der Waals surface area contributed by atoms with Crippen LogP contribution in [0.2, 0.25) is 0 Å². The van der Waals surface area contributed by atoms with Crippen molar-refractivity contribution in [3.63, 3.8) is 0 Å². The summed E-state index contributed by atoms with van der Waals surface area (Å²) in [5, 5.41) is 0. The van der Waals surface area contributed by atoms with Gasteiger partial charge in [-0.3, -0.25) is 0 Å². The molecule has 0 spiro atoms. The number of para-hydroxylation sites is 2. The molecule has 5 rings (SSSR count). The molecule has 4 heteroatoms. The van der Waals surface area contributed by atoms with E-state index in [1.54, 1.807) is 0 Å². The zero-order valence-electron chi connectivity index (χ0n) is 19.1. The Labute approximate surface area is 185 Å². The van der Waals surface area contributed by atoms with Gasteiger partial charge in [-0.2, -0.15) is 0 Å². The summed E-state index contributed by atoms with van der Waals surface area (Å²) in [5.41, 5.74) is 11.6. The van der Waals surface area contributed by atoms with Gasteiger partial charge in [-0.05, 0) is 73.4 Å². The highest BCUT2D eigenvalue weighted by Crippen LogP contribution is 2.43. The number of rotatable bonds is 3. The highest BCUT2D eigenvalue weighted by atomic mass is 15.4. The summed E-state index contributed by atoms with van der Waals surface area (Å²) < 4.78 is 0. The molecule has 0 saturated carbocycles. The van der Waals surface area contributed by atoms with Crippen LogP contribution in [0.5, 0.6) is 0 Å². The summed E-state index contributed by atoms with van der Waals surface area (Å²) in [7, 11) is 4.28. The average Bonchev–Trinajstić information content (AvgIpc) is 3.31. The van der Waals surface area contributed by atoms with Crippen molar-refractivity contribution in [1.29, 1.82) is 0 Å². The van der Waals surface area contributed by atoms with E-state index in [1.165, 1.54) is 50.6 Å². The first-order chi connectivity index (χ1) is 14.9. The van der Waals surface area contributed by atoms with Crippen molar-refractivity contribution in [1.82, 2.24) is 4.90 Å². The molecule has 0 saturated heterocycles. The fourth-order valence-electron chi connectivity index (χ4n) is 4.99. The maximum absolute atomic E-state index is 2.42. The fraction of sp³-hybridized carbons (Fsp3) is 0.259. The Morgan fingerprint density at radius 1 is 0.710 bits per heavy atom. The predicted molar refractivity (Wildman–Crippen MR) is 132 cm³/mol. The average molecular weight is 411 g/mol. The van der Waals surface area contributed by atoms with Gasteiger partial charge in [0.2, 0.25) is 0 Å². The molecule has 2 heterocycles. The summed E-state index contributed by atoms with van der Waals surface area (Å²) in [5.74, 6) is 0. The lowest BCUT2D eigenvalue weighted by Gasteiger charge is -2.25. The molecule has 3 aromatic rings. The van der Waals surface area contributed by atoms with E-state index in [4.69, 9.17) is 0 Å². The second-order valence-corrected chi connectivity index (χ2v) is 8.93. The van der Waals surface area contributed by atoms with E-state index in [9.17, 15) is 0 Å². The van der Waals surface area contributed by atoms with Gasteiger partial charge in [-0.1, -0.05) is 29.8 Å². The zero-order valence-corrected chi connectivity index (χ0v) is 19.1. The zero-order chi connectivity index (χ0) is 21.7. The summed E-state index contributed by atoms with van der Waals surface area (Å²) in [6.07, 6.45) is 4.30. The van der Waals surface area contributed by atoms with Crippen molar-refractivity contribution < 1.29 is 0 Å². The standard InChI is InChI=1S/C27H30N4/c1-19-12-20(2)27(21(3)13-19)22-14-23(30-11-10-28(4)17-30)16-24(15-22)31-18-29(5)25-8-6-7-9-26(25)31/h6-16H,17-18H2,1-5H3. The molecular weight excluding hydrogens is 380 g/mol. The summed E-state index contributed by atoms with van der Waals surface area (Å²) in [4.78, 5) is 9.25. The minimum Gasteiger partial charge on any atom is -0.361 e. The molecule has 0 fully saturated rings. The molecule has 0 amide bonds. The Bertz CT molecular complexity index is 1160. The lowest BCUT2D eigenvalue weighted by molar-refractivity contribution is 0.496. The van der Waals surface area contributed by atoms with Crippen LogP contribution in [0.3, 0.4) is 0 Å². The van der Waals surface area contributed by atoms with Crippen LogP contribution < -0.4 is 14.7 Å². The van der Waals surface area contributed by atoms with Crippen LogP contribution in [-0.2, 0) is 0 Å². The number of benzene rings is 3. The van der Waals surface area contributed by atoms with E-state index in [1.807, 2.05) is 0 Å². The largest absolute Gasteiger partial charge is 0.361 e. The third kappa shape index (κ3) is 3.42. The molecule has 0 atom stereocenters. The fourth-order valence-corrected chi connectivity index (χ4v) is 4.99. The van der Waals surface area contributed by atoms with Gasteiger partial charge in [0.05, 0.1) is 24.7 Å². The van der Waals surface area contributed by atoms with Gasteiger partial charge in [-0.25, -0.2) is 0 Å². The van der Waals surface area contributed by atoms with Crippen molar-refractivity contribution >= 4 is 22.7 Å². The molecule has 0 unspecified atom stereocenters. The third-order valence-electron chi connectivity index (χ3n) is 6.33. The minimum atomic E-state index is 0.851. The monoisotopic (exact) mass is 410 g/mol. The van der Waals surface area contributed by atoms with Gasteiger partial charge in [0.15, 0.2) is 0 Å². The van der Waals surface area contributed by atoms with E-state index in [0.717, 1.165) is 13.3 Å². The topological polar surface area (TPSA) is 13.0 Å². The number of fused-ring (bicyclic) bond motifs is 1. The molecule has 4 nitrogen and oxygen atoms in total. The van der Waals surface area contributed by atoms with Gasteiger partial charge in [0, 0.05) is 37.9 Å². The molecule has 0 radical (unpaired) electrons. The van der Waals surface area contributed by atoms with Gasteiger partial charge in [-0.15, -0.1) is 0 Å². The van der Waals surface area contributed by atoms with Gasteiger partial charge < -0.3 is 19.6 Å². The van der Waals surface area contributed by atoms with Crippen molar-refractivity contribution in [2.45, 2.75) is 20.8 Å². The molecule has 0 aromatic heterocycles. The molecular formula is C27H30N4. The lowest BCUT2D eigenvalue weighted by Crippen LogP contribution is -2.25. The lowest BCUT2D eigenvalue weighted by atomic mass is 9.93.